The van der Waals surface area contributed by atoms with E-state index in [0.29, 0.717) is 55.6 Å². The molecule has 5 rings (SSSR count). The molecule has 234 valence electrons. The van der Waals surface area contributed by atoms with Crippen molar-refractivity contribution in [3.63, 3.8) is 0 Å². The Morgan fingerprint density at radius 3 is 2.21 bits per heavy atom. The number of halogens is 7. The Kier molecular flexibility index (Phi) is 7.72. The van der Waals surface area contributed by atoms with Crippen LogP contribution in [0, 0.1) is 24.1 Å². The number of nitrogens with zero attached hydrogens (tertiary/aromatic N) is 3. The molecular formula is C30H32F7N3O3. The molecule has 43 heavy (non-hydrogen) atoms. The quantitative estimate of drug-likeness (QED) is 0.372. The van der Waals surface area contributed by atoms with Crippen LogP contribution >= 0.6 is 0 Å². The largest absolute Gasteiger partial charge is 0.481 e. The summed E-state index contributed by atoms with van der Waals surface area (Å²) in [4.78, 5) is 30.5. The van der Waals surface area contributed by atoms with Gasteiger partial charge in [0.25, 0.3) is 0 Å². The zero-order valence-corrected chi connectivity index (χ0v) is 23.8. The van der Waals surface area contributed by atoms with E-state index >= 15 is 0 Å². The Balaban J connectivity index is 1.43. The van der Waals surface area contributed by atoms with Crippen LogP contribution in [0.25, 0.3) is 0 Å². The molecule has 3 fully saturated rings. The summed E-state index contributed by atoms with van der Waals surface area (Å²) < 4.78 is 95.0. The Labute approximate surface area is 244 Å². The zero-order valence-electron chi connectivity index (χ0n) is 23.8. The minimum Gasteiger partial charge on any atom is -0.481 e. The van der Waals surface area contributed by atoms with Crippen LogP contribution in [0.1, 0.15) is 66.1 Å². The number of carbonyl (C=O) groups is 2. The van der Waals surface area contributed by atoms with E-state index in [1.165, 1.54) is 31.0 Å². The molecule has 2 amide bonds. The molecule has 6 nitrogen and oxygen atoms in total. The van der Waals surface area contributed by atoms with Gasteiger partial charge in [0.15, 0.2) is 0 Å². The number of alkyl halides is 6. The lowest BCUT2D eigenvalue weighted by atomic mass is 9.88. The van der Waals surface area contributed by atoms with E-state index in [9.17, 15) is 45.4 Å². The lowest BCUT2D eigenvalue weighted by Gasteiger charge is -2.45. The highest BCUT2D eigenvalue weighted by molar-refractivity contribution is 5.79. The van der Waals surface area contributed by atoms with E-state index in [1.807, 2.05) is 0 Å². The molecule has 0 radical (unpaired) electrons. The second-order valence-electron chi connectivity index (χ2n) is 12.1. The molecular weight excluding hydrogens is 583 g/mol. The number of carbonyl (C=O) groups excluding carboxylic acids is 1. The van der Waals surface area contributed by atoms with Crippen LogP contribution in [0.5, 0.6) is 0 Å². The van der Waals surface area contributed by atoms with Crippen molar-refractivity contribution in [3.05, 3.63) is 70.0 Å². The van der Waals surface area contributed by atoms with Gasteiger partial charge in [0.05, 0.1) is 28.6 Å². The molecule has 2 aromatic carbocycles. The van der Waals surface area contributed by atoms with Crippen molar-refractivity contribution in [2.75, 3.05) is 26.7 Å². The number of likely N-dealkylation sites (tertiary alicyclic amines) is 2. The van der Waals surface area contributed by atoms with E-state index in [0.717, 1.165) is 4.90 Å². The van der Waals surface area contributed by atoms with Crippen molar-refractivity contribution in [1.82, 2.24) is 14.7 Å². The van der Waals surface area contributed by atoms with Gasteiger partial charge in [0.1, 0.15) is 5.82 Å². The van der Waals surface area contributed by atoms with Crippen molar-refractivity contribution in [2.24, 2.45) is 11.3 Å². The van der Waals surface area contributed by atoms with Gasteiger partial charge in [-0.25, -0.2) is 9.18 Å². The predicted octanol–water partition coefficient (Wildman–Crippen LogP) is 6.90. The summed E-state index contributed by atoms with van der Waals surface area (Å²) in [7, 11) is 1.33. The number of rotatable bonds is 5. The minimum absolute atomic E-state index is 0.0486. The number of hydrogen-bond donors (Lipinski definition) is 1. The number of hydrogen-bond acceptors (Lipinski definition) is 3. The molecule has 3 aliphatic rings. The summed E-state index contributed by atoms with van der Waals surface area (Å²) in [5.74, 6) is -1.22. The molecule has 2 aliphatic heterocycles. The van der Waals surface area contributed by atoms with Crippen LogP contribution in [0.4, 0.5) is 35.5 Å². The number of piperidine rings is 2. The second-order valence-corrected chi connectivity index (χ2v) is 12.1. The van der Waals surface area contributed by atoms with Gasteiger partial charge in [-0.1, -0.05) is 6.07 Å². The predicted molar refractivity (Wildman–Crippen MR) is 141 cm³/mol. The number of amides is 2. The molecule has 1 saturated carbocycles. The van der Waals surface area contributed by atoms with Crippen LogP contribution in [-0.4, -0.2) is 64.5 Å². The third-order valence-corrected chi connectivity index (χ3v) is 9.50. The van der Waals surface area contributed by atoms with Crippen molar-refractivity contribution < 1.29 is 45.4 Å². The number of benzene rings is 2. The number of urea groups is 1. The number of carboxylic acids is 1. The molecule has 0 bridgehead atoms. The third kappa shape index (κ3) is 5.80. The highest BCUT2D eigenvalue weighted by Gasteiger charge is 2.66. The average molecular weight is 616 g/mol. The highest BCUT2D eigenvalue weighted by atomic mass is 19.4. The Morgan fingerprint density at radius 1 is 1.05 bits per heavy atom. The fourth-order valence-corrected chi connectivity index (χ4v) is 6.76. The summed E-state index contributed by atoms with van der Waals surface area (Å²) in [5, 5.41) is 9.72. The van der Waals surface area contributed by atoms with Crippen molar-refractivity contribution in [2.45, 2.75) is 63.6 Å². The van der Waals surface area contributed by atoms with Gasteiger partial charge in [0, 0.05) is 32.7 Å². The van der Waals surface area contributed by atoms with Gasteiger partial charge in [0.2, 0.25) is 0 Å². The molecule has 0 spiro atoms. The number of fused-ring (bicyclic) bond motifs is 1. The molecule has 0 aromatic heterocycles. The summed E-state index contributed by atoms with van der Waals surface area (Å²) in [6.07, 6.45) is -8.52. The average Bonchev–Trinajstić information content (AvgIpc) is 3.51. The van der Waals surface area contributed by atoms with E-state index in [2.05, 4.69) is 4.90 Å². The minimum atomic E-state index is -5.03. The first kappa shape index (κ1) is 31.1. The molecule has 13 heteroatoms. The normalized spacial score (nSPS) is 26.7. The van der Waals surface area contributed by atoms with Gasteiger partial charge in [-0.05, 0) is 86.1 Å². The Morgan fingerprint density at radius 2 is 1.67 bits per heavy atom. The maximum Gasteiger partial charge on any atom is 0.416 e. The molecule has 2 heterocycles. The van der Waals surface area contributed by atoms with Crippen molar-refractivity contribution in [1.29, 1.82) is 0 Å². The number of carboxylic acid groups (broad SMARTS) is 1. The first-order valence-electron chi connectivity index (χ1n) is 14.0. The number of aryl methyl sites for hydroxylation is 1. The van der Waals surface area contributed by atoms with Crippen molar-refractivity contribution >= 4 is 12.0 Å². The van der Waals surface area contributed by atoms with Crippen LogP contribution < -0.4 is 0 Å². The molecule has 5 atom stereocenters. The molecule has 2 unspecified atom stereocenters. The smallest absolute Gasteiger partial charge is 0.416 e. The van der Waals surface area contributed by atoms with Gasteiger partial charge in [-0.15, -0.1) is 0 Å². The Hall–Kier alpha value is -3.35. The maximum atomic E-state index is 14.0. The lowest BCUT2D eigenvalue weighted by Crippen LogP contribution is -2.52. The van der Waals surface area contributed by atoms with Gasteiger partial charge < -0.3 is 14.9 Å². The molecule has 1 N–H and O–H groups in total. The summed E-state index contributed by atoms with van der Waals surface area (Å²) in [5.41, 5.74) is -2.75. The van der Waals surface area contributed by atoms with E-state index < -0.39 is 58.8 Å². The van der Waals surface area contributed by atoms with Gasteiger partial charge in [-0.2, -0.15) is 26.3 Å². The molecule has 2 saturated heterocycles. The first-order valence-corrected chi connectivity index (χ1v) is 14.0. The zero-order chi connectivity index (χ0) is 31.6. The lowest BCUT2D eigenvalue weighted by molar-refractivity contribution is -0.144. The Bertz CT molecular complexity index is 1400. The fraction of sp³-hybridized carbons (Fsp3) is 0.533. The van der Waals surface area contributed by atoms with Crippen LogP contribution in [0.2, 0.25) is 0 Å². The third-order valence-electron chi connectivity index (χ3n) is 9.50. The van der Waals surface area contributed by atoms with E-state index in [-0.39, 0.29) is 30.1 Å². The van der Waals surface area contributed by atoms with E-state index in [1.54, 1.807) is 13.0 Å². The van der Waals surface area contributed by atoms with Crippen molar-refractivity contribution in [3.8, 4) is 0 Å². The maximum absolute atomic E-state index is 14.0. The molecule has 2 aromatic rings. The SMILES string of the molecule is Cc1cc(F)ccc1[C@H]1C[C@@H](N2CC3CC3(C(=O)O)C2)CCN1C(=O)N(C)[C@@H](C)c1cc(C(F)(F)F)cc(C(F)(F)F)c1. The monoisotopic (exact) mass is 615 g/mol. The van der Waals surface area contributed by atoms with E-state index in [4.69, 9.17) is 0 Å². The van der Waals surface area contributed by atoms with Gasteiger partial charge >= 0.3 is 24.4 Å². The summed E-state index contributed by atoms with van der Waals surface area (Å²) >= 11 is 0. The standard InChI is InChI=1S/C30H32F7N3O3/c1-16-8-22(31)4-5-24(16)25-12-23(39-14-21-13-28(21,15-39)26(41)42)6-7-40(25)27(43)38(3)17(2)18-9-19(29(32,33)34)11-20(10-18)30(35,36)37/h4-5,8-11,17,21,23,25H,6-7,12-15H2,1-3H3,(H,41,42)/t17-,21?,23-,25+,28?/m0/s1. The first-order chi connectivity index (χ1) is 19.9. The van der Waals surface area contributed by atoms with Crippen LogP contribution in [0.15, 0.2) is 36.4 Å². The van der Waals surface area contributed by atoms with Crippen LogP contribution in [0.3, 0.4) is 0 Å². The number of aliphatic carboxylic acids is 1. The summed E-state index contributed by atoms with van der Waals surface area (Å²) in [6, 6.07) is 3.07. The van der Waals surface area contributed by atoms with Gasteiger partial charge in [-0.3, -0.25) is 9.69 Å². The summed E-state index contributed by atoms with van der Waals surface area (Å²) in [6.45, 7) is 4.28. The highest BCUT2D eigenvalue weighted by Crippen LogP contribution is 2.59. The molecule has 1 aliphatic carbocycles. The second kappa shape index (κ2) is 10.7. The fourth-order valence-electron chi connectivity index (χ4n) is 6.76. The topological polar surface area (TPSA) is 64.1 Å². The van der Waals surface area contributed by atoms with Crippen LogP contribution in [-0.2, 0) is 17.1 Å².